The van der Waals surface area contributed by atoms with E-state index in [1.54, 1.807) is 0 Å². The summed E-state index contributed by atoms with van der Waals surface area (Å²) >= 11 is 0. The van der Waals surface area contributed by atoms with E-state index in [0.717, 1.165) is 32.5 Å². The molecule has 0 fully saturated rings. The summed E-state index contributed by atoms with van der Waals surface area (Å²) in [6, 6.07) is 0. The molecule has 0 bridgehead atoms. The van der Waals surface area contributed by atoms with Crippen LogP contribution in [0.1, 0.15) is 98.8 Å². The Labute approximate surface area is 134 Å². The monoisotopic (exact) mass is 300 g/mol. The predicted octanol–water partition coefficient (Wildman–Crippen LogP) is 6.33. The highest BCUT2D eigenvalue weighted by Gasteiger charge is 2.35. The lowest BCUT2D eigenvalue weighted by molar-refractivity contribution is -0.267. The first-order chi connectivity index (χ1) is 10.2. The molecule has 0 N–H and O–H groups in total. The van der Waals surface area contributed by atoms with Crippen molar-refractivity contribution in [1.29, 1.82) is 0 Å². The molecule has 0 radical (unpaired) electrons. The molecular weight excluding hydrogens is 260 g/mol. The highest BCUT2D eigenvalue weighted by atomic mass is 16.7. The fourth-order valence-electron chi connectivity index (χ4n) is 2.88. The van der Waals surface area contributed by atoms with Crippen LogP contribution in [0.4, 0.5) is 0 Å². The van der Waals surface area contributed by atoms with E-state index >= 15 is 0 Å². The first-order valence-corrected chi connectivity index (χ1v) is 9.44. The predicted molar refractivity (Wildman–Crippen MR) is 92.7 cm³/mol. The van der Waals surface area contributed by atoms with Crippen LogP contribution in [-0.4, -0.2) is 19.0 Å². The van der Waals surface area contributed by atoms with Crippen molar-refractivity contribution in [3.63, 3.8) is 0 Å². The normalized spacial score (nSPS) is 13.6. The highest BCUT2D eigenvalue weighted by Crippen LogP contribution is 2.32. The number of ether oxygens (including phenoxy) is 2. The van der Waals surface area contributed by atoms with Crippen molar-refractivity contribution in [3.05, 3.63) is 0 Å². The zero-order valence-electron chi connectivity index (χ0n) is 15.4. The van der Waals surface area contributed by atoms with Crippen LogP contribution >= 0.6 is 0 Å². The van der Waals surface area contributed by atoms with E-state index in [1.165, 1.54) is 44.9 Å². The third-order valence-corrected chi connectivity index (χ3v) is 4.34. The molecule has 0 heterocycles. The van der Waals surface area contributed by atoms with Gasteiger partial charge in [-0.15, -0.1) is 0 Å². The Morgan fingerprint density at radius 2 is 1.24 bits per heavy atom. The molecule has 0 aliphatic heterocycles. The maximum absolute atomic E-state index is 6.17. The molecule has 0 spiro atoms. The van der Waals surface area contributed by atoms with Crippen molar-refractivity contribution in [2.45, 2.75) is 105 Å². The van der Waals surface area contributed by atoms with Gasteiger partial charge in [-0.25, -0.2) is 0 Å². The minimum atomic E-state index is -0.352. The smallest absolute Gasteiger partial charge is 0.170 e. The van der Waals surface area contributed by atoms with Gasteiger partial charge in [0.05, 0.1) is 0 Å². The quantitative estimate of drug-likeness (QED) is 0.260. The minimum Gasteiger partial charge on any atom is -0.350 e. The van der Waals surface area contributed by atoms with Crippen LogP contribution in [0, 0.1) is 5.92 Å². The number of rotatable bonds is 15. The van der Waals surface area contributed by atoms with Crippen molar-refractivity contribution in [2.75, 3.05) is 13.2 Å². The average Bonchev–Trinajstić information content (AvgIpc) is 2.51. The summed E-state index contributed by atoms with van der Waals surface area (Å²) in [5.41, 5.74) is 0. The Kier molecular flexibility index (Phi) is 13.5. The van der Waals surface area contributed by atoms with Gasteiger partial charge < -0.3 is 9.47 Å². The average molecular weight is 301 g/mol. The van der Waals surface area contributed by atoms with Gasteiger partial charge in [-0.3, -0.25) is 0 Å². The van der Waals surface area contributed by atoms with Crippen LogP contribution in [0.15, 0.2) is 0 Å². The minimum absolute atomic E-state index is 0.352. The Bertz CT molecular complexity index is 208. The summed E-state index contributed by atoms with van der Waals surface area (Å²) in [7, 11) is 0. The molecule has 0 aromatic heterocycles. The zero-order chi connectivity index (χ0) is 16.0. The lowest BCUT2D eigenvalue weighted by atomic mass is 9.91. The van der Waals surface area contributed by atoms with Crippen LogP contribution < -0.4 is 0 Å². The molecular formula is C19H40O2. The standard InChI is InChI=1S/C19H40O2/c1-6-10-11-12-13-14-15-18(5)19(9-4,20-16-7-2)21-17-8-3/h18H,6-17H2,1-5H3. The van der Waals surface area contributed by atoms with Crippen LogP contribution in [0.3, 0.4) is 0 Å². The molecule has 21 heavy (non-hydrogen) atoms. The van der Waals surface area contributed by atoms with Crippen LogP contribution in [0.2, 0.25) is 0 Å². The maximum Gasteiger partial charge on any atom is 0.170 e. The highest BCUT2D eigenvalue weighted by molar-refractivity contribution is 4.76. The summed E-state index contributed by atoms with van der Waals surface area (Å²) in [6.07, 6.45) is 12.4. The van der Waals surface area contributed by atoms with Gasteiger partial charge in [0, 0.05) is 19.1 Å². The zero-order valence-corrected chi connectivity index (χ0v) is 15.4. The maximum atomic E-state index is 6.17. The molecule has 0 amide bonds. The Morgan fingerprint density at radius 3 is 1.71 bits per heavy atom. The molecule has 2 heteroatoms. The topological polar surface area (TPSA) is 18.5 Å². The Hall–Kier alpha value is -0.0800. The summed E-state index contributed by atoms with van der Waals surface area (Å²) in [4.78, 5) is 0. The summed E-state index contributed by atoms with van der Waals surface area (Å²) in [5.74, 6) is 0.127. The van der Waals surface area contributed by atoms with Gasteiger partial charge in [0.25, 0.3) is 0 Å². The molecule has 0 rings (SSSR count). The number of unbranched alkanes of at least 4 members (excludes halogenated alkanes) is 5. The largest absolute Gasteiger partial charge is 0.350 e. The first kappa shape index (κ1) is 20.9. The van der Waals surface area contributed by atoms with Gasteiger partial charge >= 0.3 is 0 Å². The number of hydrogen-bond acceptors (Lipinski definition) is 2. The van der Waals surface area contributed by atoms with E-state index in [4.69, 9.17) is 9.47 Å². The summed E-state index contributed by atoms with van der Waals surface area (Å²) in [5, 5.41) is 0. The van der Waals surface area contributed by atoms with Gasteiger partial charge in [-0.05, 0) is 25.7 Å². The van der Waals surface area contributed by atoms with Gasteiger partial charge in [0.2, 0.25) is 0 Å². The van der Waals surface area contributed by atoms with Crippen molar-refractivity contribution in [3.8, 4) is 0 Å². The molecule has 0 aliphatic carbocycles. The molecule has 0 saturated heterocycles. The van der Waals surface area contributed by atoms with Crippen LogP contribution in [0.25, 0.3) is 0 Å². The van der Waals surface area contributed by atoms with Gasteiger partial charge in [0.1, 0.15) is 0 Å². The van der Waals surface area contributed by atoms with Crippen molar-refractivity contribution >= 4 is 0 Å². The van der Waals surface area contributed by atoms with Crippen molar-refractivity contribution in [2.24, 2.45) is 5.92 Å². The van der Waals surface area contributed by atoms with E-state index < -0.39 is 0 Å². The van der Waals surface area contributed by atoms with Crippen molar-refractivity contribution < 1.29 is 9.47 Å². The molecule has 0 saturated carbocycles. The molecule has 1 unspecified atom stereocenters. The third kappa shape index (κ3) is 8.83. The third-order valence-electron chi connectivity index (χ3n) is 4.34. The second kappa shape index (κ2) is 13.6. The Balaban J connectivity index is 4.24. The molecule has 1 atom stereocenters. The van der Waals surface area contributed by atoms with Crippen LogP contribution in [0.5, 0.6) is 0 Å². The fourth-order valence-corrected chi connectivity index (χ4v) is 2.88. The lowest BCUT2D eigenvalue weighted by Crippen LogP contribution is -2.42. The second-order valence-electron chi connectivity index (χ2n) is 6.32. The lowest BCUT2D eigenvalue weighted by Gasteiger charge is -2.38. The van der Waals surface area contributed by atoms with Crippen molar-refractivity contribution in [1.82, 2.24) is 0 Å². The molecule has 0 aliphatic rings. The van der Waals surface area contributed by atoms with E-state index in [0.29, 0.717) is 5.92 Å². The fraction of sp³-hybridized carbons (Fsp3) is 1.00. The SMILES string of the molecule is CCCCCCCCC(C)C(CC)(OCCC)OCCC. The van der Waals surface area contributed by atoms with Crippen LogP contribution in [-0.2, 0) is 9.47 Å². The van der Waals surface area contributed by atoms with E-state index in [9.17, 15) is 0 Å². The molecule has 0 aromatic carbocycles. The number of hydrogen-bond donors (Lipinski definition) is 0. The van der Waals surface area contributed by atoms with Gasteiger partial charge in [-0.1, -0.05) is 73.1 Å². The van der Waals surface area contributed by atoms with E-state index in [2.05, 4.69) is 34.6 Å². The van der Waals surface area contributed by atoms with Gasteiger partial charge in [0.15, 0.2) is 5.79 Å². The van der Waals surface area contributed by atoms with Gasteiger partial charge in [-0.2, -0.15) is 0 Å². The Morgan fingerprint density at radius 1 is 0.714 bits per heavy atom. The molecule has 0 aromatic rings. The molecule has 128 valence electrons. The summed E-state index contributed by atoms with van der Waals surface area (Å²) < 4.78 is 12.3. The summed E-state index contributed by atoms with van der Waals surface area (Å²) in [6.45, 7) is 12.7. The van der Waals surface area contributed by atoms with E-state index in [1.807, 2.05) is 0 Å². The molecule has 2 nitrogen and oxygen atoms in total. The second-order valence-corrected chi connectivity index (χ2v) is 6.32. The first-order valence-electron chi connectivity index (χ1n) is 9.44. The van der Waals surface area contributed by atoms with E-state index in [-0.39, 0.29) is 5.79 Å².